The number of hydrogen-bond acceptors (Lipinski definition) is 4. The lowest BCUT2D eigenvalue weighted by Gasteiger charge is -2.19. The van der Waals surface area contributed by atoms with E-state index < -0.39 is 18.0 Å². The summed E-state index contributed by atoms with van der Waals surface area (Å²) in [5.74, 6) is 0.233. The molecule has 0 saturated carbocycles. The summed E-state index contributed by atoms with van der Waals surface area (Å²) < 4.78 is 10.2. The maximum Gasteiger partial charge on any atom is 0.319 e. The van der Waals surface area contributed by atoms with E-state index in [-0.39, 0.29) is 13.0 Å². The molecule has 0 bridgehead atoms. The fourth-order valence-electron chi connectivity index (χ4n) is 2.39. The number of benzene rings is 2. The quantitative estimate of drug-likeness (QED) is 0.711. The molecule has 6 nitrogen and oxygen atoms in total. The van der Waals surface area contributed by atoms with E-state index in [0.29, 0.717) is 16.5 Å². The van der Waals surface area contributed by atoms with Crippen molar-refractivity contribution in [1.82, 2.24) is 5.32 Å². The molecule has 2 aromatic carbocycles. The molecule has 138 valence electrons. The van der Waals surface area contributed by atoms with E-state index in [1.165, 1.54) is 0 Å². The molecule has 0 fully saturated rings. The zero-order valence-corrected chi connectivity index (χ0v) is 15.4. The number of amides is 2. The first kappa shape index (κ1) is 19.6. The summed E-state index contributed by atoms with van der Waals surface area (Å²) in [6.45, 7) is 2.01. The molecule has 2 N–H and O–H groups in total. The summed E-state index contributed by atoms with van der Waals surface area (Å²) in [6, 6.07) is 12.9. The predicted octanol–water partition coefficient (Wildman–Crippen LogP) is 4.16. The lowest BCUT2D eigenvalue weighted by Crippen LogP contribution is -2.34. The minimum Gasteiger partial charge on any atom is -0.497 e. The summed E-state index contributed by atoms with van der Waals surface area (Å²) in [5.41, 5.74) is 1.29. The highest BCUT2D eigenvalue weighted by Gasteiger charge is 2.20. The van der Waals surface area contributed by atoms with Crippen molar-refractivity contribution >= 4 is 29.3 Å². The van der Waals surface area contributed by atoms with Crippen LogP contribution in [0.1, 0.15) is 24.9 Å². The van der Waals surface area contributed by atoms with Gasteiger partial charge >= 0.3 is 12.0 Å². The van der Waals surface area contributed by atoms with Crippen LogP contribution >= 0.6 is 11.6 Å². The summed E-state index contributed by atoms with van der Waals surface area (Å²) in [7, 11) is 1.55. The molecule has 0 heterocycles. The fourth-order valence-corrected chi connectivity index (χ4v) is 2.58. The highest BCUT2D eigenvalue weighted by atomic mass is 35.5. The van der Waals surface area contributed by atoms with E-state index >= 15 is 0 Å². The molecule has 0 radical (unpaired) electrons. The largest absolute Gasteiger partial charge is 0.497 e. The number of hydrogen-bond donors (Lipinski definition) is 2. The van der Waals surface area contributed by atoms with Crippen LogP contribution in [-0.4, -0.2) is 25.7 Å². The third kappa shape index (κ3) is 5.97. The van der Waals surface area contributed by atoms with Gasteiger partial charge < -0.3 is 20.1 Å². The van der Waals surface area contributed by atoms with Crippen molar-refractivity contribution in [2.45, 2.75) is 19.4 Å². The highest BCUT2D eigenvalue weighted by Crippen LogP contribution is 2.23. The van der Waals surface area contributed by atoms with Gasteiger partial charge in [-0.3, -0.25) is 4.79 Å². The van der Waals surface area contributed by atoms with E-state index in [0.717, 1.165) is 5.56 Å². The summed E-state index contributed by atoms with van der Waals surface area (Å²) in [5, 5.41) is 6.00. The van der Waals surface area contributed by atoms with Crippen LogP contribution in [-0.2, 0) is 9.53 Å². The van der Waals surface area contributed by atoms with Gasteiger partial charge in [0.25, 0.3) is 0 Å². The van der Waals surface area contributed by atoms with Crippen molar-refractivity contribution in [1.29, 1.82) is 0 Å². The van der Waals surface area contributed by atoms with Gasteiger partial charge in [-0.15, -0.1) is 0 Å². The van der Waals surface area contributed by atoms with Crippen molar-refractivity contribution in [3.63, 3.8) is 0 Å². The molecule has 0 spiro atoms. The standard InChI is InChI=1S/C19H21ClN2O4/c1-3-26-18(23)12-17(13-6-4-9-16(10-13)25-2)22-19(24)21-15-8-5-7-14(20)11-15/h4-11,17H,3,12H2,1-2H3,(H2,21,22,24). The molecule has 0 aliphatic heterocycles. The van der Waals surface area contributed by atoms with Gasteiger partial charge in [0.15, 0.2) is 0 Å². The van der Waals surface area contributed by atoms with Crippen LogP contribution in [0, 0.1) is 0 Å². The number of rotatable bonds is 7. The second kappa shape index (κ2) is 9.68. The topological polar surface area (TPSA) is 76.7 Å². The summed E-state index contributed by atoms with van der Waals surface area (Å²) in [6.07, 6.45) is 0.00394. The van der Waals surface area contributed by atoms with Crippen molar-refractivity contribution in [2.75, 3.05) is 19.0 Å². The monoisotopic (exact) mass is 376 g/mol. The number of methoxy groups -OCH3 is 1. The number of ether oxygens (including phenoxy) is 2. The van der Waals surface area contributed by atoms with Gasteiger partial charge in [-0.25, -0.2) is 4.79 Å². The number of carbonyl (C=O) groups excluding carboxylic acids is 2. The van der Waals surface area contributed by atoms with E-state index in [4.69, 9.17) is 21.1 Å². The van der Waals surface area contributed by atoms with Crippen LogP contribution in [0.3, 0.4) is 0 Å². The minimum atomic E-state index is -0.566. The Morgan fingerprint density at radius 1 is 1.15 bits per heavy atom. The maximum atomic E-state index is 12.4. The SMILES string of the molecule is CCOC(=O)CC(NC(=O)Nc1cccc(Cl)c1)c1cccc(OC)c1. The van der Waals surface area contributed by atoms with Crippen LogP contribution < -0.4 is 15.4 Å². The molecule has 0 saturated heterocycles. The van der Waals surface area contributed by atoms with Crippen LogP contribution in [0.4, 0.5) is 10.5 Å². The van der Waals surface area contributed by atoms with Gasteiger partial charge in [0.2, 0.25) is 0 Å². The van der Waals surface area contributed by atoms with Crippen LogP contribution in [0.5, 0.6) is 5.75 Å². The Balaban J connectivity index is 2.14. The van der Waals surface area contributed by atoms with E-state index in [9.17, 15) is 9.59 Å². The number of anilines is 1. The Labute approximate surface area is 157 Å². The molecule has 7 heteroatoms. The molecular weight excluding hydrogens is 356 g/mol. The average Bonchev–Trinajstić information content (AvgIpc) is 2.61. The lowest BCUT2D eigenvalue weighted by molar-refractivity contribution is -0.143. The van der Waals surface area contributed by atoms with E-state index in [2.05, 4.69) is 10.6 Å². The molecule has 26 heavy (non-hydrogen) atoms. The normalized spacial score (nSPS) is 11.3. The van der Waals surface area contributed by atoms with Crippen molar-refractivity contribution in [3.8, 4) is 5.75 Å². The van der Waals surface area contributed by atoms with Crippen LogP contribution in [0.25, 0.3) is 0 Å². The Hall–Kier alpha value is -2.73. The van der Waals surface area contributed by atoms with Crippen molar-refractivity contribution in [2.24, 2.45) is 0 Å². The lowest BCUT2D eigenvalue weighted by atomic mass is 10.0. The average molecular weight is 377 g/mol. The van der Waals surface area contributed by atoms with Gasteiger partial charge in [-0.05, 0) is 42.8 Å². The van der Waals surface area contributed by atoms with E-state index in [1.54, 1.807) is 56.5 Å². The van der Waals surface area contributed by atoms with Crippen molar-refractivity contribution in [3.05, 3.63) is 59.1 Å². The van der Waals surface area contributed by atoms with Gasteiger partial charge in [-0.2, -0.15) is 0 Å². The molecule has 1 unspecified atom stereocenters. The van der Waals surface area contributed by atoms with Gasteiger partial charge in [0.05, 0.1) is 26.2 Å². The second-order valence-corrected chi connectivity index (χ2v) is 5.88. The Kier molecular flexibility index (Phi) is 7.29. The molecular formula is C19H21ClN2O4. The molecule has 0 aliphatic carbocycles. The molecule has 0 aromatic heterocycles. The molecule has 2 rings (SSSR count). The zero-order chi connectivity index (χ0) is 18.9. The summed E-state index contributed by atoms with van der Waals surface area (Å²) in [4.78, 5) is 24.3. The first-order valence-electron chi connectivity index (χ1n) is 8.14. The summed E-state index contributed by atoms with van der Waals surface area (Å²) >= 11 is 5.92. The number of esters is 1. The highest BCUT2D eigenvalue weighted by molar-refractivity contribution is 6.30. The molecule has 0 aliphatic rings. The zero-order valence-electron chi connectivity index (χ0n) is 14.6. The van der Waals surface area contributed by atoms with Gasteiger partial charge in [-0.1, -0.05) is 29.8 Å². The Bertz CT molecular complexity index is 767. The maximum absolute atomic E-state index is 12.4. The molecule has 2 amide bonds. The number of halogens is 1. The minimum absolute atomic E-state index is 0.00394. The molecule has 1 atom stereocenters. The molecule has 2 aromatic rings. The van der Waals surface area contributed by atoms with Crippen molar-refractivity contribution < 1.29 is 19.1 Å². The smallest absolute Gasteiger partial charge is 0.319 e. The number of carbonyl (C=O) groups is 2. The van der Waals surface area contributed by atoms with Gasteiger partial charge in [0, 0.05) is 10.7 Å². The number of urea groups is 1. The van der Waals surface area contributed by atoms with Crippen LogP contribution in [0.2, 0.25) is 5.02 Å². The second-order valence-electron chi connectivity index (χ2n) is 5.45. The van der Waals surface area contributed by atoms with Crippen LogP contribution in [0.15, 0.2) is 48.5 Å². The first-order valence-corrected chi connectivity index (χ1v) is 8.52. The first-order chi connectivity index (χ1) is 12.5. The van der Waals surface area contributed by atoms with Gasteiger partial charge in [0.1, 0.15) is 5.75 Å². The van der Waals surface area contributed by atoms with E-state index in [1.807, 2.05) is 6.07 Å². The predicted molar refractivity (Wildman–Crippen MR) is 101 cm³/mol. The number of nitrogens with one attached hydrogen (secondary N) is 2. The Morgan fingerprint density at radius 2 is 1.92 bits per heavy atom. The Morgan fingerprint density at radius 3 is 2.62 bits per heavy atom. The third-order valence-corrected chi connectivity index (χ3v) is 3.80. The fraction of sp³-hybridized carbons (Fsp3) is 0.263. The third-order valence-electron chi connectivity index (χ3n) is 3.56.